The van der Waals surface area contributed by atoms with Crippen LogP contribution in [0, 0.1) is 6.92 Å². The van der Waals surface area contributed by atoms with Gasteiger partial charge in [-0.25, -0.2) is 4.98 Å². The minimum absolute atomic E-state index is 0.0387. The maximum Gasteiger partial charge on any atom is 0.295 e. The Bertz CT molecular complexity index is 1440. The first-order valence-electron chi connectivity index (χ1n) is 14.3. The number of Topliss-reactive ketones (excluding diaryl/α,β-unsaturated/α-hetero) is 1. The molecule has 1 aromatic carbocycles. The fourth-order valence-corrected chi connectivity index (χ4v) is 5.57. The Morgan fingerprint density at radius 3 is 2.66 bits per heavy atom. The van der Waals surface area contributed by atoms with E-state index in [0.717, 1.165) is 32.5 Å². The zero-order valence-corrected chi connectivity index (χ0v) is 24.0. The average Bonchev–Trinajstić information content (AvgIpc) is 3.46. The van der Waals surface area contributed by atoms with E-state index >= 15 is 0 Å². The molecular formula is C31H38N4O6. The molecule has 5 rings (SSSR count). The number of benzene rings is 1. The van der Waals surface area contributed by atoms with Crippen LogP contribution in [-0.4, -0.2) is 89.1 Å². The molecule has 41 heavy (non-hydrogen) atoms. The number of rotatable bonds is 11. The molecule has 0 aliphatic carbocycles. The summed E-state index contributed by atoms with van der Waals surface area (Å²) in [5.74, 6) is -0.504. The molecule has 1 N–H and O–H groups in total. The number of aliphatic hydroxyl groups excluding tert-OH is 1. The monoisotopic (exact) mass is 562 g/mol. The molecule has 218 valence electrons. The molecule has 10 heteroatoms. The number of pyridine rings is 1. The van der Waals surface area contributed by atoms with Crippen molar-refractivity contribution in [3.8, 4) is 11.5 Å². The van der Waals surface area contributed by atoms with Crippen LogP contribution < -0.4 is 9.47 Å². The third kappa shape index (κ3) is 5.80. The summed E-state index contributed by atoms with van der Waals surface area (Å²) in [5, 5.41) is 11.7. The maximum atomic E-state index is 13.6. The first kappa shape index (κ1) is 28.6. The second kappa shape index (κ2) is 12.7. The van der Waals surface area contributed by atoms with Gasteiger partial charge in [0.25, 0.3) is 11.7 Å². The number of carbonyl (C=O) groups is 2. The number of methoxy groups -OCH3 is 1. The van der Waals surface area contributed by atoms with E-state index in [1.807, 2.05) is 24.3 Å². The summed E-state index contributed by atoms with van der Waals surface area (Å²) in [6, 6.07) is 10.1. The van der Waals surface area contributed by atoms with Crippen molar-refractivity contribution in [2.75, 3.05) is 53.1 Å². The average molecular weight is 563 g/mol. The van der Waals surface area contributed by atoms with E-state index in [2.05, 4.69) is 16.8 Å². The standard InChI is InChI=1S/C31H38N4O6/c1-4-5-17-41-23-11-10-22(20-24(23)39-3)28-26(29(36)27-21(2)32-25-9-6-7-13-34(25)27)30(37)31(38)35(28)14-8-12-33-15-18-40-19-16-33/h6-7,9-11,13,20,28,36H,4-5,8,12,14-19H2,1-3H3. The molecule has 0 spiro atoms. The molecule has 0 saturated carbocycles. The van der Waals surface area contributed by atoms with Crippen molar-refractivity contribution in [3.05, 3.63) is 65.1 Å². The highest BCUT2D eigenvalue weighted by Gasteiger charge is 2.46. The molecule has 1 atom stereocenters. The number of unbranched alkanes of at least 4 members (excludes halogenated alkanes) is 1. The molecule has 2 aliphatic rings. The van der Waals surface area contributed by atoms with Gasteiger partial charge in [0.1, 0.15) is 11.3 Å². The lowest BCUT2D eigenvalue weighted by molar-refractivity contribution is -0.140. The van der Waals surface area contributed by atoms with Crippen LogP contribution in [0.5, 0.6) is 11.5 Å². The normalized spacial score (nSPS) is 19.3. The molecule has 1 unspecified atom stereocenters. The van der Waals surface area contributed by atoms with Crippen molar-refractivity contribution in [2.45, 2.75) is 39.2 Å². The van der Waals surface area contributed by atoms with E-state index in [0.29, 0.717) is 66.9 Å². The van der Waals surface area contributed by atoms with Gasteiger partial charge in [-0.05, 0) is 49.6 Å². The van der Waals surface area contributed by atoms with Crippen LogP contribution in [-0.2, 0) is 14.3 Å². The molecule has 2 saturated heterocycles. The highest BCUT2D eigenvalue weighted by Crippen LogP contribution is 2.42. The largest absolute Gasteiger partial charge is 0.505 e. The fourth-order valence-electron chi connectivity index (χ4n) is 5.57. The number of hydrogen-bond donors (Lipinski definition) is 1. The Morgan fingerprint density at radius 1 is 1.10 bits per heavy atom. The van der Waals surface area contributed by atoms with Crippen LogP contribution in [0.15, 0.2) is 48.2 Å². The Labute approximate surface area is 240 Å². The Kier molecular flexibility index (Phi) is 8.90. The van der Waals surface area contributed by atoms with Gasteiger partial charge in [-0.1, -0.05) is 25.5 Å². The number of amides is 1. The summed E-state index contributed by atoms with van der Waals surface area (Å²) in [6.07, 6.45) is 4.37. The van der Waals surface area contributed by atoms with Crippen molar-refractivity contribution in [1.82, 2.24) is 19.2 Å². The number of carbonyl (C=O) groups excluding carboxylic acids is 2. The number of imidazole rings is 1. The smallest absolute Gasteiger partial charge is 0.295 e. The molecule has 2 aromatic heterocycles. The van der Waals surface area contributed by atoms with Gasteiger partial charge in [0.15, 0.2) is 17.3 Å². The van der Waals surface area contributed by atoms with Crippen molar-refractivity contribution in [2.24, 2.45) is 0 Å². The summed E-state index contributed by atoms with van der Waals surface area (Å²) in [6.45, 7) is 8.62. The third-order valence-corrected chi connectivity index (χ3v) is 7.70. The number of morpholine rings is 1. The van der Waals surface area contributed by atoms with E-state index < -0.39 is 17.7 Å². The van der Waals surface area contributed by atoms with Crippen molar-refractivity contribution >= 4 is 23.1 Å². The maximum absolute atomic E-state index is 13.6. The highest BCUT2D eigenvalue weighted by molar-refractivity contribution is 6.46. The van der Waals surface area contributed by atoms with Gasteiger partial charge in [-0.15, -0.1) is 0 Å². The predicted molar refractivity (Wildman–Crippen MR) is 154 cm³/mol. The van der Waals surface area contributed by atoms with Crippen LogP contribution in [0.3, 0.4) is 0 Å². The van der Waals surface area contributed by atoms with Crippen LogP contribution in [0.2, 0.25) is 0 Å². The second-order valence-corrected chi connectivity index (χ2v) is 10.4. The summed E-state index contributed by atoms with van der Waals surface area (Å²) in [5.41, 5.74) is 2.28. The van der Waals surface area contributed by atoms with E-state index in [1.54, 1.807) is 41.7 Å². The second-order valence-electron chi connectivity index (χ2n) is 10.4. The van der Waals surface area contributed by atoms with Gasteiger partial charge < -0.3 is 24.2 Å². The number of ketones is 1. The van der Waals surface area contributed by atoms with Crippen molar-refractivity contribution in [1.29, 1.82) is 0 Å². The number of hydrogen-bond acceptors (Lipinski definition) is 8. The lowest BCUT2D eigenvalue weighted by Gasteiger charge is -2.29. The number of aliphatic hydroxyl groups is 1. The van der Waals surface area contributed by atoms with E-state index in [1.165, 1.54) is 0 Å². The Balaban J connectivity index is 1.55. The first-order valence-corrected chi connectivity index (χ1v) is 14.3. The van der Waals surface area contributed by atoms with E-state index in [-0.39, 0.29) is 11.3 Å². The summed E-state index contributed by atoms with van der Waals surface area (Å²) >= 11 is 0. The SMILES string of the molecule is CCCCOc1ccc(C2C(=C(O)c3c(C)nc4ccccn34)C(=O)C(=O)N2CCCN2CCOCC2)cc1OC. The van der Waals surface area contributed by atoms with E-state index in [9.17, 15) is 14.7 Å². The molecule has 1 amide bonds. The van der Waals surface area contributed by atoms with Crippen LogP contribution in [0.4, 0.5) is 0 Å². The van der Waals surface area contributed by atoms with Gasteiger partial charge in [0, 0.05) is 32.4 Å². The Morgan fingerprint density at radius 2 is 1.90 bits per heavy atom. The fraction of sp³-hybridized carbons (Fsp3) is 0.452. The number of ether oxygens (including phenoxy) is 3. The van der Waals surface area contributed by atoms with Gasteiger partial charge in [0.2, 0.25) is 0 Å². The molecule has 10 nitrogen and oxygen atoms in total. The molecule has 3 aromatic rings. The third-order valence-electron chi connectivity index (χ3n) is 7.70. The zero-order valence-electron chi connectivity index (χ0n) is 24.0. The highest BCUT2D eigenvalue weighted by atomic mass is 16.5. The van der Waals surface area contributed by atoms with Crippen LogP contribution in [0.1, 0.15) is 49.2 Å². The molecular weight excluding hydrogens is 524 g/mol. The molecule has 4 heterocycles. The number of nitrogens with zero attached hydrogens (tertiary/aromatic N) is 4. The summed E-state index contributed by atoms with van der Waals surface area (Å²) in [4.78, 5) is 35.6. The van der Waals surface area contributed by atoms with Gasteiger partial charge in [0.05, 0.1) is 44.2 Å². The molecule has 2 aliphatic heterocycles. The number of aryl methyl sites for hydroxylation is 1. The number of likely N-dealkylation sites (tertiary alicyclic amines) is 1. The molecule has 0 bridgehead atoms. The molecule has 0 radical (unpaired) electrons. The van der Waals surface area contributed by atoms with E-state index in [4.69, 9.17) is 14.2 Å². The molecule has 2 fully saturated rings. The summed E-state index contributed by atoms with van der Waals surface area (Å²) < 4.78 is 18.8. The predicted octanol–water partition coefficient (Wildman–Crippen LogP) is 3.97. The lowest BCUT2D eigenvalue weighted by Crippen LogP contribution is -2.39. The van der Waals surface area contributed by atoms with Crippen LogP contribution >= 0.6 is 0 Å². The van der Waals surface area contributed by atoms with Gasteiger partial charge in [-0.3, -0.25) is 18.9 Å². The number of aromatic nitrogens is 2. The summed E-state index contributed by atoms with van der Waals surface area (Å²) in [7, 11) is 1.56. The minimum Gasteiger partial charge on any atom is -0.505 e. The Hall–Kier alpha value is -3.89. The van der Waals surface area contributed by atoms with Crippen molar-refractivity contribution in [3.63, 3.8) is 0 Å². The quantitative estimate of drug-likeness (QED) is 0.162. The van der Waals surface area contributed by atoms with Crippen molar-refractivity contribution < 1.29 is 28.9 Å². The van der Waals surface area contributed by atoms with Gasteiger partial charge in [-0.2, -0.15) is 0 Å². The van der Waals surface area contributed by atoms with Gasteiger partial charge >= 0.3 is 0 Å². The minimum atomic E-state index is -0.799. The first-order chi connectivity index (χ1) is 19.9. The topological polar surface area (TPSA) is 106 Å². The van der Waals surface area contributed by atoms with Crippen LogP contribution in [0.25, 0.3) is 11.4 Å². The number of fused-ring (bicyclic) bond motifs is 1. The lowest BCUT2D eigenvalue weighted by atomic mass is 9.95. The zero-order chi connectivity index (χ0) is 28.9.